The molecule has 0 unspecified atom stereocenters. The van der Waals surface area contributed by atoms with Crippen LogP contribution in [0, 0.1) is 0 Å². The van der Waals surface area contributed by atoms with Crippen molar-refractivity contribution < 1.29 is 9.90 Å². The quantitative estimate of drug-likeness (QED) is 0.792. The third kappa shape index (κ3) is 2.22. The lowest BCUT2D eigenvalue weighted by Crippen LogP contribution is -2.28. The second-order valence-electron chi connectivity index (χ2n) is 5.99. The van der Waals surface area contributed by atoms with Gasteiger partial charge in [-0.15, -0.1) is 0 Å². The van der Waals surface area contributed by atoms with E-state index in [4.69, 9.17) is 16.7 Å². The average molecular weight is 345 g/mol. The number of amides is 1. The van der Waals surface area contributed by atoms with Crippen molar-refractivity contribution in [1.82, 2.24) is 19.2 Å². The number of hydrogen-bond acceptors (Lipinski definition) is 3. The molecule has 0 saturated carbocycles. The molecular weight excluding hydrogens is 328 g/mol. The highest BCUT2D eigenvalue weighted by Crippen LogP contribution is 2.29. The van der Waals surface area contributed by atoms with Gasteiger partial charge in [0.2, 0.25) is 0 Å². The summed E-state index contributed by atoms with van der Waals surface area (Å²) in [6, 6.07) is 7.55. The zero-order valence-electron chi connectivity index (χ0n) is 13.2. The minimum atomic E-state index is -0.0310. The Morgan fingerprint density at radius 1 is 1.38 bits per heavy atom. The number of aliphatic hydroxyl groups is 1. The van der Waals surface area contributed by atoms with E-state index in [1.807, 2.05) is 35.9 Å². The molecule has 3 heterocycles. The standard InChI is InChI=1S/C17H17ClN4O2/c1-20-14(7-11-3-2-4-13(18)16(11)20)17(24)21-9-12-8-19-22(5-6-23)15(12)10-21/h2-4,7-8,23H,5-6,9-10H2,1H3. The fraction of sp³-hybridized carbons (Fsp3) is 0.294. The Hall–Kier alpha value is -2.31. The molecule has 1 aliphatic heterocycles. The molecule has 124 valence electrons. The summed E-state index contributed by atoms with van der Waals surface area (Å²) in [5.74, 6) is -0.0310. The van der Waals surface area contributed by atoms with Crippen LogP contribution in [0.1, 0.15) is 21.7 Å². The van der Waals surface area contributed by atoms with Gasteiger partial charge in [0.05, 0.1) is 42.1 Å². The molecule has 0 atom stereocenters. The van der Waals surface area contributed by atoms with Crippen LogP contribution in [-0.2, 0) is 26.7 Å². The molecule has 0 saturated heterocycles. The van der Waals surface area contributed by atoms with E-state index in [-0.39, 0.29) is 12.5 Å². The number of carbonyl (C=O) groups is 1. The van der Waals surface area contributed by atoms with Crippen LogP contribution in [0.3, 0.4) is 0 Å². The van der Waals surface area contributed by atoms with Gasteiger partial charge in [-0.05, 0) is 12.1 Å². The summed E-state index contributed by atoms with van der Waals surface area (Å²) < 4.78 is 3.62. The Balaban J connectivity index is 1.66. The number of aryl methyl sites for hydroxylation is 1. The lowest BCUT2D eigenvalue weighted by Gasteiger charge is -2.16. The van der Waals surface area contributed by atoms with Crippen LogP contribution in [0.15, 0.2) is 30.5 Å². The average Bonchev–Trinajstić information content (AvgIpc) is 3.22. The fourth-order valence-electron chi connectivity index (χ4n) is 3.37. The second kappa shape index (κ2) is 5.65. The molecule has 1 aliphatic rings. The Bertz CT molecular complexity index is 944. The number of aliphatic hydroxyl groups excluding tert-OH is 1. The molecule has 0 bridgehead atoms. The van der Waals surface area contributed by atoms with Gasteiger partial charge < -0.3 is 14.6 Å². The molecule has 0 fully saturated rings. The Morgan fingerprint density at radius 2 is 2.21 bits per heavy atom. The lowest BCUT2D eigenvalue weighted by atomic mass is 10.2. The molecule has 4 rings (SSSR count). The van der Waals surface area contributed by atoms with E-state index < -0.39 is 0 Å². The maximum absolute atomic E-state index is 13.0. The van der Waals surface area contributed by atoms with E-state index in [1.54, 1.807) is 15.8 Å². The molecule has 24 heavy (non-hydrogen) atoms. The van der Waals surface area contributed by atoms with Gasteiger partial charge in [0, 0.05) is 24.5 Å². The van der Waals surface area contributed by atoms with Crippen LogP contribution in [0.5, 0.6) is 0 Å². The van der Waals surface area contributed by atoms with Crippen LogP contribution < -0.4 is 0 Å². The maximum Gasteiger partial charge on any atom is 0.271 e. The molecule has 0 radical (unpaired) electrons. The summed E-state index contributed by atoms with van der Waals surface area (Å²) in [7, 11) is 1.86. The predicted molar refractivity (Wildman–Crippen MR) is 90.8 cm³/mol. The zero-order chi connectivity index (χ0) is 16.8. The minimum absolute atomic E-state index is 0.0310. The summed E-state index contributed by atoms with van der Waals surface area (Å²) in [4.78, 5) is 14.8. The number of hydrogen-bond donors (Lipinski definition) is 1. The molecular formula is C17H17ClN4O2. The lowest BCUT2D eigenvalue weighted by molar-refractivity contribution is 0.0738. The van der Waals surface area contributed by atoms with Crippen molar-refractivity contribution in [3.05, 3.63) is 52.4 Å². The van der Waals surface area contributed by atoms with Crippen molar-refractivity contribution in [2.24, 2.45) is 7.05 Å². The Morgan fingerprint density at radius 3 is 2.96 bits per heavy atom. The van der Waals surface area contributed by atoms with Gasteiger partial charge in [0.25, 0.3) is 5.91 Å². The smallest absolute Gasteiger partial charge is 0.271 e. The molecule has 2 aromatic heterocycles. The molecule has 6 nitrogen and oxygen atoms in total. The minimum Gasteiger partial charge on any atom is -0.394 e. The van der Waals surface area contributed by atoms with Crippen molar-refractivity contribution in [3.63, 3.8) is 0 Å². The second-order valence-corrected chi connectivity index (χ2v) is 6.40. The van der Waals surface area contributed by atoms with Crippen LogP contribution in [0.2, 0.25) is 5.02 Å². The predicted octanol–water partition coefficient (Wildman–Crippen LogP) is 2.18. The van der Waals surface area contributed by atoms with E-state index >= 15 is 0 Å². The van der Waals surface area contributed by atoms with E-state index in [9.17, 15) is 4.79 Å². The molecule has 1 amide bonds. The third-order valence-electron chi connectivity index (χ3n) is 4.56. The fourth-order valence-corrected chi connectivity index (χ4v) is 3.68. The van der Waals surface area contributed by atoms with E-state index in [0.29, 0.717) is 30.4 Å². The highest BCUT2D eigenvalue weighted by molar-refractivity contribution is 6.35. The van der Waals surface area contributed by atoms with Gasteiger partial charge in [0.1, 0.15) is 5.69 Å². The molecule has 0 aliphatic carbocycles. The van der Waals surface area contributed by atoms with Gasteiger partial charge in [-0.2, -0.15) is 5.10 Å². The summed E-state index contributed by atoms with van der Waals surface area (Å²) in [5.41, 5.74) is 3.51. The van der Waals surface area contributed by atoms with Crippen molar-refractivity contribution in [2.45, 2.75) is 19.6 Å². The highest BCUT2D eigenvalue weighted by Gasteiger charge is 2.29. The van der Waals surface area contributed by atoms with Crippen molar-refractivity contribution >= 4 is 28.4 Å². The summed E-state index contributed by atoms with van der Waals surface area (Å²) in [6.07, 6.45) is 1.77. The molecule has 3 aromatic rings. The maximum atomic E-state index is 13.0. The van der Waals surface area contributed by atoms with Crippen LogP contribution in [0.25, 0.3) is 10.9 Å². The summed E-state index contributed by atoms with van der Waals surface area (Å²) in [6.45, 7) is 1.52. The number of aromatic nitrogens is 3. The summed E-state index contributed by atoms with van der Waals surface area (Å²) in [5, 5.41) is 15.0. The number of halogens is 1. The molecule has 0 spiro atoms. The largest absolute Gasteiger partial charge is 0.394 e. The molecule has 1 aromatic carbocycles. The first kappa shape index (κ1) is 15.2. The van der Waals surface area contributed by atoms with Crippen molar-refractivity contribution in [1.29, 1.82) is 0 Å². The number of fused-ring (bicyclic) bond motifs is 2. The van der Waals surface area contributed by atoms with Gasteiger partial charge in [0.15, 0.2) is 0 Å². The van der Waals surface area contributed by atoms with Crippen LogP contribution in [-0.4, -0.2) is 36.9 Å². The van der Waals surface area contributed by atoms with Gasteiger partial charge in [-0.3, -0.25) is 9.48 Å². The Kier molecular flexibility index (Phi) is 3.58. The van der Waals surface area contributed by atoms with E-state index in [2.05, 4.69) is 5.10 Å². The Labute approximate surface area is 143 Å². The van der Waals surface area contributed by atoms with Crippen LogP contribution >= 0.6 is 11.6 Å². The van der Waals surface area contributed by atoms with Gasteiger partial charge in [-0.1, -0.05) is 23.7 Å². The number of para-hydroxylation sites is 1. The van der Waals surface area contributed by atoms with Gasteiger partial charge in [-0.25, -0.2) is 0 Å². The monoisotopic (exact) mass is 344 g/mol. The van der Waals surface area contributed by atoms with Crippen LogP contribution in [0.4, 0.5) is 0 Å². The first-order valence-corrected chi connectivity index (χ1v) is 8.15. The zero-order valence-corrected chi connectivity index (χ0v) is 14.0. The first-order valence-electron chi connectivity index (χ1n) is 7.78. The normalized spacial score (nSPS) is 13.7. The third-order valence-corrected chi connectivity index (χ3v) is 4.87. The number of nitrogens with zero attached hydrogens (tertiary/aromatic N) is 4. The number of benzene rings is 1. The van der Waals surface area contributed by atoms with E-state index in [0.717, 1.165) is 22.2 Å². The molecule has 1 N–H and O–H groups in total. The molecule has 7 heteroatoms. The highest BCUT2D eigenvalue weighted by atomic mass is 35.5. The number of carbonyl (C=O) groups excluding carboxylic acids is 1. The topological polar surface area (TPSA) is 63.3 Å². The first-order chi connectivity index (χ1) is 11.6. The summed E-state index contributed by atoms with van der Waals surface area (Å²) >= 11 is 6.27. The SMILES string of the molecule is Cn1c(C(=O)N2Cc3cnn(CCO)c3C2)cc2cccc(Cl)c21. The van der Waals surface area contributed by atoms with Gasteiger partial charge >= 0.3 is 0 Å². The van der Waals surface area contributed by atoms with Crippen molar-refractivity contribution in [3.8, 4) is 0 Å². The van der Waals surface area contributed by atoms with E-state index in [1.165, 1.54) is 0 Å². The number of rotatable bonds is 3. The van der Waals surface area contributed by atoms with Crippen molar-refractivity contribution in [2.75, 3.05) is 6.61 Å².